The second-order valence-electron chi connectivity index (χ2n) is 7.56. The van der Waals surface area contributed by atoms with Gasteiger partial charge in [0.05, 0.1) is 18.7 Å². The van der Waals surface area contributed by atoms with Crippen molar-refractivity contribution in [1.29, 1.82) is 0 Å². The largest absolute Gasteiger partial charge is 0.381 e. The zero-order chi connectivity index (χ0) is 17.2. The Bertz CT molecular complexity index is 447. The third-order valence-electron chi connectivity index (χ3n) is 6.00. The molecule has 0 spiro atoms. The number of nitrogens with one attached hydrogen (secondary N) is 2. The van der Waals surface area contributed by atoms with E-state index in [4.69, 9.17) is 4.74 Å². The molecule has 2 aliphatic heterocycles. The van der Waals surface area contributed by atoms with Crippen molar-refractivity contribution >= 4 is 5.91 Å². The number of halogens is 2. The molecule has 24 heavy (non-hydrogen) atoms. The number of carbonyl (C=O) groups excluding carboxylic acids is 1. The Morgan fingerprint density at radius 3 is 2.50 bits per heavy atom. The Kier molecular flexibility index (Phi) is 5.42. The Hall–Kier alpha value is -0.790. The van der Waals surface area contributed by atoms with Gasteiger partial charge in [-0.1, -0.05) is 12.8 Å². The van der Waals surface area contributed by atoms with E-state index in [-0.39, 0.29) is 11.4 Å². The quantitative estimate of drug-likeness (QED) is 0.793. The smallest absolute Gasteiger partial charge is 0.262 e. The van der Waals surface area contributed by atoms with Gasteiger partial charge in [-0.3, -0.25) is 15.0 Å². The van der Waals surface area contributed by atoms with Gasteiger partial charge >= 0.3 is 0 Å². The Morgan fingerprint density at radius 2 is 1.96 bits per heavy atom. The minimum atomic E-state index is -2.77. The van der Waals surface area contributed by atoms with Crippen molar-refractivity contribution in [3.8, 4) is 0 Å². The van der Waals surface area contributed by atoms with E-state index in [0.29, 0.717) is 12.6 Å². The average Bonchev–Trinajstić information content (AvgIpc) is 3.20. The molecule has 0 radical (unpaired) electrons. The van der Waals surface area contributed by atoms with Crippen LogP contribution in [0.15, 0.2) is 0 Å². The number of hydrogen-bond donors (Lipinski definition) is 2. The summed E-state index contributed by atoms with van der Waals surface area (Å²) in [6.45, 7) is 2.12. The first-order valence-electron chi connectivity index (χ1n) is 9.11. The van der Waals surface area contributed by atoms with Crippen LogP contribution < -0.4 is 10.6 Å². The topological polar surface area (TPSA) is 53.6 Å². The van der Waals surface area contributed by atoms with Gasteiger partial charge in [0.25, 0.3) is 5.92 Å². The third kappa shape index (κ3) is 3.89. The molecule has 0 aromatic heterocycles. The van der Waals surface area contributed by atoms with Crippen LogP contribution >= 0.6 is 0 Å². The first-order valence-corrected chi connectivity index (χ1v) is 9.11. The highest BCUT2D eigenvalue weighted by Crippen LogP contribution is 2.37. The van der Waals surface area contributed by atoms with E-state index in [1.165, 1.54) is 12.8 Å². The van der Waals surface area contributed by atoms with E-state index in [9.17, 15) is 13.6 Å². The minimum absolute atomic E-state index is 0.00447. The van der Waals surface area contributed by atoms with Crippen LogP contribution in [0.4, 0.5) is 8.78 Å². The third-order valence-corrected chi connectivity index (χ3v) is 6.00. The summed E-state index contributed by atoms with van der Waals surface area (Å²) in [5.74, 6) is -3.06. The van der Waals surface area contributed by atoms with Gasteiger partial charge in [-0.05, 0) is 25.7 Å². The fourth-order valence-corrected chi connectivity index (χ4v) is 4.48. The molecule has 3 rings (SSSR count). The maximum absolute atomic E-state index is 13.3. The van der Waals surface area contributed by atoms with Crippen molar-refractivity contribution in [2.24, 2.45) is 0 Å². The van der Waals surface area contributed by atoms with Crippen LogP contribution in [0.1, 0.15) is 44.9 Å². The maximum atomic E-state index is 13.3. The maximum Gasteiger partial charge on any atom is 0.262 e. The molecule has 7 heteroatoms. The summed E-state index contributed by atoms with van der Waals surface area (Å²) < 4.78 is 32.0. The molecule has 138 valence electrons. The van der Waals surface area contributed by atoms with E-state index >= 15 is 0 Å². The number of amides is 1. The molecule has 3 aliphatic rings. The molecule has 5 nitrogen and oxygen atoms in total. The number of likely N-dealkylation sites (tertiary alicyclic amines) is 1. The summed E-state index contributed by atoms with van der Waals surface area (Å²) in [5.41, 5.74) is -0.00447. The monoisotopic (exact) mass is 345 g/mol. The molecule has 2 heterocycles. The van der Waals surface area contributed by atoms with Gasteiger partial charge in [-0.15, -0.1) is 0 Å². The van der Waals surface area contributed by atoms with Gasteiger partial charge in [-0.25, -0.2) is 8.78 Å². The Labute approximate surface area is 142 Å². The zero-order valence-corrected chi connectivity index (χ0v) is 14.5. The van der Waals surface area contributed by atoms with E-state index in [1.54, 1.807) is 7.11 Å². The molecule has 1 unspecified atom stereocenters. The van der Waals surface area contributed by atoms with Gasteiger partial charge < -0.3 is 10.1 Å². The molecule has 3 fully saturated rings. The van der Waals surface area contributed by atoms with Crippen molar-refractivity contribution in [3.05, 3.63) is 0 Å². The molecule has 0 aromatic carbocycles. The summed E-state index contributed by atoms with van der Waals surface area (Å²) >= 11 is 0. The molecule has 2 N–H and O–H groups in total. The molecule has 1 amide bonds. The van der Waals surface area contributed by atoms with Gasteiger partial charge in [0.2, 0.25) is 5.91 Å². The van der Waals surface area contributed by atoms with Crippen molar-refractivity contribution in [2.45, 2.75) is 68.6 Å². The number of carbonyl (C=O) groups is 1. The first-order chi connectivity index (χ1) is 11.4. The van der Waals surface area contributed by atoms with Crippen molar-refractivity contribution < 1.29 is 18.3 Å². The van der Waals surface area contributed by atoms with Crippen LogP contribution in [0.2, 0.25) is 0 Å². The van der Waals surface area contributed by atoms with Crippen LogP contribution in [0.3, 0.4) is 0 Å². The lowest BCUT2D eigenvalue weighted by Crippen LogP contribution is -2.58. The second-order valence-corrected chi connectivity index (χ2v) is 7.56. The van der Waals surface area contributed by atoms with E-state index in [1.807, 2.05) is 0 Å². The Morgan fingerprint density at radius 1 is 1.29 bits per heavy atom. The fraction of sp³-hybridized carbons (Fsp3) is 0.941. The zero-order valence-electron chi connectivity index (χ0n) is 14.5. The number of nitrogens with zero attached hydrogens (tertiary/aromatic N) is 1. The summed E-state index contributed by atoms with van der Waals surface area (Å²) in [7, 11) is 1.76. The standard InChI is InChI=1S/C17H29F2N3O2/c1-24-13-4-8-22(9-5-13)16(6-2-3-7-16)11-21-15(23)14-10-17(18,19)12-20-14/h13-14,20H,2-12H2,1H3,(H,21,23). The minimum Gasteiger partial charge on any atom is -0.381 e. The van der Waals surface area contributed by atoms with Gasteiger partial charge in [-0.2, -0.15) is 0 Å². The highest BCUT2D eigenvalue weighted by Gasteiger charge is 2.44. The van der Waals surface area contributed by atoms with Crippen molar-refractivity contribution in [2.75, 3.05) is 33.3 Å². The van der Waals surface area contributed by atoms with Crippen LogP contribution in [-0.2, 0) is 9.53 Å². The number of hydrogen-bond acceptors (Lipinski definition) is 4. The summed E-state index contributed by atoms with van der Waals surface area (Å²) in [6, 6.07) is -0.766. The van der Waals surface area contributed by atoms with Crippen LogP contribution in [0.25, 0.3) is 0 Å². The molecular weight excluding hydrogens is 316 g/mol. The molecule has 1 aliphatic carbocycles. The normalized spacial score (nSPS) is 30.5. The van der Waals surface area contributed by atoms with Gasteiger partial charge in [0.15, 0.2) is 0 Å². The molecule has 1 saturated carbocycles. The molecule has 2 saturated heterocycles. The number of methoxy groups -OCH3 is 1. The molecule has 1 atom stereocenters. The molecule has 0 aromatic rings. The second kappa shape index (κ2) is 7.22. The van der Waals surface area contributed by atoms with Crippen LogP contribution in [0, 0.1) is 0 Å². The molecule has 0 bridgehead atoms. The first kappa shape index (κ1) is 18.0. The van der Waals surface area contributed by atoms with Crippen LogP contribution in [0.5, 0.6) is 0 Å². The number of piperidine rings is 1. The lowest BCUT2D eigenvalue weighted by molar-refractivity contribution is -0.124. The predicted molar refractivity (Wildman–Crippen MR) is 87.2 cm³/mol. The van der Waals surface area contributed by atoms with Crippen LogP contribution in [-0.4, -0.2) is 67.7 Å². The van der Waals surface area contributed by atoms with Crippen molar-refractivity contribution in [1.82, 2.24) is 15.5 Å². The number of ether oxygens (including phenoxy) is 1. The number of alkyl halides is 2. The summed E-state index contributed by atoms with van der Waals surface area (Å²) in [6.07, 6.45) is 6.44. The van der Waals surface area contributed by atoms with E-state index in [2.05, 4.69) is 15.5 Å². The van der Waals surface area contributed by atoms with Gasteiger partial charge in [0.1, 0.15) is 0 Å². The highest BCUT2D eigenvalue weighted by molar-refractivity contribution is 5.82. The Balaban J connectivity index is 1.55. The van der Waals surface area contributed by atoms with E-state index in [0.717, 1.165) is 38.8 Å². The van der Waals surface area contributed by atoms with Gasteiger partial charge in [0, 0.05) is 38.7 Å². The average molecular weight is 345 g/mol. The lowest BCUT2D eigenvalue weighted by atomic mass is 9.91. The predicted octanol–water partition coefficient (Wildman–Crippen LogP) is 1.52. The molecular formula is C17H29F2N3O2. The highest BCUT2D eigenvalue weighted by atomic mass is 19.3. The SMILES string of the molecule is COC1CCN(C2(CNC(=O)C3CC(F)(F)CN3)CCCC2)CC1. The lowest BCUT2D eigenvalue weighted by Gasteiger charge is -2.45. The van der Waals surface area contributed by atoms with E-state index < -0.39 is 24.9 Å². The fourth-order valence-electron chi connectivity index (χ4n) is 4.48. The number of rotatable bonds is 5. The van der Waals surface area contributed by atoms with Crippen molar-refractivity contribution in [3.63, 3.8) is 0 Å². The summed E-state index contributed by atoms with van der Waals surface area (Å²) in [4.78, 5) is 14.8. The summed E-state index contributed by atoms with van der Waals surface area (Å²) in [5, 5.41) is 5.60.